The molecule has 13 heteroatoms. The summed E-state index contributed by atoms with van der Waals surface area (Å²) < 4.78 is 37.5. The molecule has 1 aromatic carbocycles. The van der Waals surface area contributed by atoms with E-state index in [0.717, 1.165) is 0 Å². The van der Waals surface area contributed by atoms with E-state index in [9.17, 15) is 30.6 Å². The summed E-state index contributed by atoms with van der Waals surface area (Å²) in [5.74, 6) is 1.03. The van der Waals surface area contributed by atoms with Crippen LogP contribution in [-0.4, -0.2) is 120 Å². The van der Waals surface area contributed by atoms with Crippen LogP contribution >= 0.6 is 0 Å². The average molecular weight is 478 g/mol. The van der Waals surface area contributed by atoms with Gasteiger partial charge in [0, 0.05) is 12.1 Å². The number of ether oxygens (including phenoxy) is 7. The van der Waals surface area contributed by atoms with Gasteiger partial charge in [0.05, 0.1) is 41.2 Å². The van der Waals surface area contributed by atoms with E-state index < -0.39 is 61.9 Å². The Hall–Kier alpha value is -1.94. The third-order valence-corrected chi connectivity index (χ3v) is 5.56. The van der Waals surface area contributed by atoms with Crippen molar-refractivity contribution in [3.63, 3.8) is 0 Å². The predicted molar refractivity (Wildman–Crippen MR) is 107 cm³/mol. The summed E-state index contributed by atoms with van der Waals surface area (Å²) in [6, 6.07) is 2.91. The molecule has 0 unspecified atom stereocenters. The van der Waals surface area contributed by atoms with Crippen LogP contribution in [0.5, 0.6) is 23.0 Å². The molecule has 0 amide bonds. The molecule has 0 aromatic heterocycles. The van der Waals surface area contributed by atoms with Crippen molar-refractivity contribution in [1.29, 1.82) is 0 Å². The molecule has 2 heterocycles. The lowest BCUT2D eigenvalue weighted by Crippen LogP contribution is -2.60. The van der Waals surface area contributed by atoms with Gasteiger partial charge in [-0.25, -0.2) is 0 Å². The van der Waals surface area contributed by atoms with E-state index in [1.807, 2.05) is 0 Å². The van der Waals surface area contributed by atoms with Gasteiger partial charge < -0.3 is 63.8 Å². The zero-order chi connectivity index (χ0) is 24.3. The molecule has 2 aliphatic rings. The Bertz CT molecular complexity index is 766. The standard InChI is InChI=1S/C20H30O13/c1-27-10-4-9(5-11(28-2)16(10)29-3)32-18-15(24)14(23)13(22)12(33-18)6-30-19-17(25)20(26,7-21)8-31-19/h4-5,12-15,17-19,21-26H,6-8H2,1-3H3/t12-,13-,14+,15-,17+,18-,19+,20-/m1/s1. The minimum absolute atomic E-state index is 0.152. The smallest absolute Gasteiger partial charge is 0.229 e. The largest absolute Gasteiger partial charge is 0.493 e. The lowest BCUT2D eigenvalue weighted by Gasteiger charge is -2.40. The summed E-state index contributed by atoms with van der Waals surface area (Å²) >= 11 is 0. The van der Waals surface area contributed by atoms with Crippen LogP contribution in [0.25, 0.3) is 0 Å². The molecule has 0 saturated carbocycles. The topological polar surface area (TPSA) is 186 Å². The third kappa shape index (κ3) is 5.11. The first-order chi connectivity index (χ1) is 15.7. The fraction of sp³-hybridized carbons (Fsp3) is 0.700. The van der Waals surface area contributed by atoms with Crippen molar-refractivity contribution in [2.75, 3.05) is 41.2 Å². The van der Waals surface area contributed by atoms with Gasteiger partial charge >= 0.3 is 0 Å². The molecule has 8 atom stereocenters. The van der Waals surface area contributed by atoms with Crippen molar-refractivity contribution >= 4 is 0 Å². The highest BCUT2D eigenvalue weighted by molar-refractivity contribution is 5.55. The Morgan fingerprint density at radius 2 is 1.58 bits per heavy atom. The molecule has 0 aliphatic carbocycles. The van der Waals surface area contributed by atoms with Crippen molar-refractivity contribution in [1.82, 2.24) is 0 Å². The fourth-order valence-electron chi connectivity index (χ4n) is 3.54. The Morgan fingerprint density at radius 3 is 2.09 bits per heavy atom. The summed E-state index contributed by atoms with van der Waals surface area (Å²) in [4.78, 5) is 0. The molecule has 13 nitrogen and oxygen atoms in total. The number of aliphatic hydroxyl groups excluding tert-OH is 5. The van der Waals surface area contributed by atoms with Crippen molar-refractivity contribution in [3.8, 4) is 23.0 Å². The summed E-state index contributed by atoms with van der Waals surface area (Å²) in [5.41, 5.74) is -1.88. The van der Waals surface area contributed by atoms with E-state index >= 15 is 0 Å². The van der Waals surface area contributed by atoms with Crippen molar-refractivity contribution < 1.29 is 63.8 Å². The highest BCUT2D eigenvalue weighted by Crippen LogP contribution is 2.41. The van der Waals surface area contributed by atoms with E-state index in [-0.39, 0.29) is 23.9 Å². The van der Waals surface area contributed by atoms with Crippen LogP contribution in [0.4, 0.5) is 0 Å². The molecule has 0 spiro atoms. The third-order valence-electron chi connectivity index (χ3n) is 5.56. The maximum atomic E-state index is 10.3. The maximum absolute atomic E-state index is 10.3. The molecular formula is C20H30O13. The zero-order valence-corrected chi connectivity index (χ0v) is 18.4. The molecule has 2 aliphatic heterocycles. The highest BCUT2D eigenvalue weighted by Gasteiger charge is 2.50. The molecular weight excluding hydrogens is 448 g/mol. The normalized spacial score (nSPS) is 36.5. The van der Waals surface area contributed by atoms with E-state index in [1.165, 1.54) is 33.5 Å². The van der Waals surface area contributed by atoms with Crippen molar-refractivity contribution in [3.05, 3.63) is 12.1 Å². The van der Waals surface area contributed by atoms with Crippen LogP contribution in [0.15, 0.2) is 12.1 Å². The second kappa shape index (κ2) is 10.5. The van der Waals surface area contributed by atoms with Crippen LogP contribution in [0.1, 0.15) is 0 Å². The van der Waals surface area contributed by atoms with E-state index in [0.29, 0.717) is 5.75 Å². The molecule has 0 bridgehead atoms. The highest BCUT2D eigenvalue weighted by atomic mass is 16.7. The van der Waals surface area contributed by atoms with Gasteiger partial charge in [0.15, 0.2) is 17.8 Å². The Kier molecular flexibility index (Phi) is 8.21. The first-order valence-electron chi connectivity index (χ1n) is 10.1. The molecule has 6 N–H and O–H groups in total. The van der Waals surface area contributed by atoms with Gasteiger partial charge in [-0.1, -0.05) is 0 Å². The number of aliphatic hydroxyl groups is 6. The maximum Gasteiger partial charge on any atom is 0.229 e. The zero-order valence-electron chi connectivity index (χ0n) is 18.4. The van der Waals surface area contributed by atoms with E-state index in [4.69, 9.17) is 33.2 Å². The lowest BCUT2D eigenvalue weighted by molar-refractivity contribution is -0.289. The monoisotopic (exact) mass is 478 g/mol. The number of hydrogen-bond acceptors (Lipinski definition) is 13. The second-order valence-corrected chi connectivity index (χ2v) is 7.71. The first-order valence-corrected chi connectivity index (χ1v) is 10.1. The van der Waals surface area contributed by atoms with Gasteiger partial charge in [-0.2, -0.15) is 0 Å². The van der Waals surface area contributed by atoms with E-state index in [2.05, 4.69) is 0 Å². The Morgan fingerprint density at radius 1 is 0.939 bits per heavy atom. The fourth-order valence-corrected chi connectivity index (χ4v) is 3.54. The molecule has 0 radical (unpaired) electrons. The Labute approximate surface area is 189 Å². The SMILES string of the molecule is COc1cc(O[C@@H]2O[C@H](CO[C@H]3OC[C@](O)(CO)[C@H]3O)[C@@H](O)[C@H](O)[C@H]2O)cc(OC)c1OC. The summed E-state index contributed by atoms with van der Waals surface area (Å²) in [7, 11) is 4.26. The molecule has 188 valence electrons. The van der Waals surface area contributed by atoms with Gasteiger partial charge in [-0.3, -0.25) is 0 Å². The van der Waals surface area contributed by atoms with Crippen LogP contribution in [0.2, 0.25) is 0 Å². The minimum Gasteiger partial charge on any atom is -0.493 e. The summed E-state index contributed by atoms with van der Waals surface area (Å²) in [5, 5.41) is 60.2. The second-order valence-electron chi connectivity index (χ2n) is 7.71. The number of rotatable bonds is 9. The number of hydrogen-bond donors (Lipinski definition) is 6. The molecule has 2 fully saturated rings. The lowest BCUT2D eigenvalue weighted by atomic mass is 9.99. The van der Waals surface area contributed by atoms with Crippen molar-refractivity contribution in [2.24, 2.45) is 0 Å². The predicted octanol–water partition coefficient (Wildman–Crippen LogP) is -2.64. The average Bonchev–Trinajstić information content (AvgIpc) is 3.11. The van der Waals surface area contributed by atoms with Crippen LogP contribution in [0.3, 0.4) is 0 Å². The molecule has 33 heavy (non-hydrogen) atoms. The van der Waals surface area contributed by atoms with Crippen LogP contribution in [-0.2, 0) is 14.2 Å². The molecule has 1 aromatic rings. The summed E-state index contributed by atoms with van der Waals surface area (Å²) in [6.45, 7) is -1.51. The minimum atomic E-state index is -1.88. The van der Waals surface area contributed by atoms with Gasteiger partial charge in [0.1, 0.15) is 41.9 Å². The quantitative estimate of drug-likeness (QED) is 0.216. The van der Waals surface area contributed by atoms with Gasteiger partial charge in [-0.05, 0) is 0 Å². The number of methoxy groups -OCH3 is 3. The Balaban J connectivity index is 1.71. The number of benzene rings is 1. The van der Waals surface area contributed by atoms with Crippen molar-refractivity contribution in [2.45, 2.75) is 48.7 Å². The van der Waals surface area contributed by atoms with Gasteiger partial charge in [0.25, 0.3) is 0 Å². The van der Waals surface area contributed by atoms with Gasteiger partial charge in [0.2, 0.25) is 12.0 Å². The summed E-state index contributed by atoms with van der Waals surface area (Å²) in [6.07, 6.45) is -10.3. The van der Waals surface area contributed by atoms with E-state index in [1.54, 1.807) is 0 Å². The van der Waals surface area contributed by atoms with Gasteiger partial charge in [-0.15, -0.1) is 0 Å². The first kappa shape index (κ1) is 25.7. The molecule has 2 saturated heterocycles. The van der Waals surface area contributed by atoms with Crippen LogP contribution < -0.4 is 18.9 Å². The molecule has 3 rings (SSSR count). The van der Waals surface area contributed by atoms with Crippen LogP contribution in [0, 0.1) is 0 Å².